The number of hydrogen-bond donors (Lipinski definition) is 1. The molecule has 1 aliphatic rings. The van der Waals surface area contributed by atoms with E-state index in [1.165, 1.54) is 29.5 Å². The summed E-state index contributed by atoms with van der Waals surface area (Å²) >= 11 is 12.1. The van der Waals surface area contributed by atoms with E-state index in [9.17, 15) is 9.59 Å². The van der Waals surface area contributed by atoms with E-state index in [-0.39, 0.29) is 18.4 Å². The van der Waals surface area contributed by atoms with Crippen LogP contribution in [0.1, 0.15) is 35.8 Å². The Kier molecular flexibility index (Phi) is 6.16. The van der Waals surface area contributed by atoms with Crippen molar-refractivity contribution in [1.29, 1.82) is 0 Å². The van der Waals surface area contributed by atoms with Crippen LogP contribution in [-0.4, -0.2) is 34.9 Å². The van der Waals surface area contributed by atoms with Crippen LogP contribution < -0.4 is 5.32 Å². The molecule has 0 bridgehead atoms. The summed E-state index contributed by atoms with van der Waals surface area (Å²) in [5, 5.41) is 3.35. The van der Waals surface area contributed by atoms with Gasteiger partial charge >= 0.3 is 0 Å². The van der Waals surface area contributed by atoms with E-state index in [0.29, 0.717) is 21.8 Å². The number of nitrogens with zero attached hydrogens (tertiary/aromatic N) is 2. The van der Waals surface area contributed by atoms with Crippen molar-refractivity contribution in [2.75, 3.05) is 18.9 Å². The maximum Gasteiger partial charge on any atom is 0.246 e. The Morgan fingerprint density at radius 3 is 2.50 bits per heavy atom. The summed E-state index contributed by atoms with van der Waals surface area (Å²) in [4.78, 5) is 26.0. The summed E-state index contributed by atoms with van der Waals surface area (Å²) in [6.45, 7) is 4.05. The number of aromatic nitrogens is 1. The molecule has 28 heavy (non-hydrogen) atoms. The van der Waals surface area contributed by atoms with Crippen molar-refractivity contribution in [3.8, 4) is 0 Å². The predicted octanol–water partition coefficient (Wildman–Crippen LogP) is 4.86. The summed E-state index contributed by atoms with van der Waals surface area (Å²) in [6, 6.07) is 7.66. The van der Waals surface area contributed by atoms with Crippen LogP contribution in [0, 0.1) is 13.8 Å². The molecule has 1 heterocycles. The largest absolute Gasteiger partial charge is 0.346 e. The molecule has 7 heteroatoms. The number of aryl methyl sites for hydroxylation is 1. The highest BCUT2D eigenvalue weighted by molar-refractivity contribution is 6.39. The molecule has 1 aliphatic carbocycles. The lowest BCUT2D eigenvalue weighted by molar-refractivity contribution is -0.129. The van der Waals surface area contributed by atoms with Crippen LogP contribution in [0.3, 0.4) is 0 Å². The monoisotopic (exact) mass is 419 g/mol. The van der Waals surface area contributed by atoms with Crippen molar-refractivity contribution in [1.82, 2.24) is 9.47 Å². The molecule has 0 atom stereocenters. The molecule has 2 amide bonds. The minimum absolute atomic E-state index is 0.105. The van der Waals surface area contributed by atoms with Crippen LogP contribution in [0.15, 0.2) is 30.3 Å². The van der Waals surface area contributed by atoms with Gasteiger partial charge in [0.05, 0.1) is 22.3 Å². The van der Waals surface area contributed by atoms with E-state index < -0.39 is 0 Å². The summed E-state index contributed by atoms with van der Waals surface area (Å²) in [7, 11) is 1.58. The van der Waals surface area contributed by atoms with E-state index in [1.54, 1.807) is 25.2 Å². The zero-order chi connectivity index (χ0) is 20.4. The molecule has 1 fully saturated rings. The van der Waals surface area contributed by atoms with Gasteiger partial charge in [-0.2, -0.15) is 0 Å². The molecule has 0 radical (unpaired) electrons. The highest BCUT2D eigenvalue weighted by Crippen LogP contribution is 2.38. The molecular weight excluding hydrogens is 397 g/mol. The van der Waals surface area contributed by atoms with Crippen LogP contribution in [0.25, 0.3) is 6.08 Å². The second-order valence-electron chi connectivity index (χ2n) is 7.10. The lowest BCUT2D eigenvalue weighted by atomic mass is 10.2. The zero-order valence-electron chi connectivity index (χ0n) is 16.1. The van der Waals surface area contributed by atoms with Gasteiger partial charge in [0.2, 0.25) is 11.8 Å². The van der Waals surface area contributed by atoms with Crippen molar-refractivity contribution >= 4 is 46.8 Å². The first-order valence-electron chi connectivity index (χ1n) is 9.13. The number of amides is 2. The lowest BCUT2D eigenvalue weighted by Gasteiger charge is -2.16. The molecule has 2 aromatic rings. The maximum atomic E-state index is 12.4. The second kappa shape index (κ2) is 8.41. The van der Waals surface area contributed by atoms with Crippen LogP contribution in [0.2, 0.25) is 10.0 Å². The number of benzene rings is 1. The highest BCUT2D eigenvalue weighted by Gasteiger charge is 2.26. The second-order valence-corrected chi connectivity index (χ2v) is 7.91. The van der Waals surface area contributed by atoms with Crippen molar-refractivity contribution in [3.63, 3.8) is 0 Å². The Morgan fingerprint density at radius 2 is 1.89 bits per heavy atom. The molecule has 1 N–H and O–H groups in total. The Morgan fingerprint density at radius 1 is 1.25 bits per heavy atom. The Balaban J connectivity index is 1.61. The number of nitrogens with one attached hydrogen (secondary N) is 1. The Labute approximate surface area is 174 Å². The van der Waals surface area contributed by atoms with E-state index in [0.717, 1.165) is 11.3 Å². The molecule has 0 spiro atoms. The fourth-order valence-corrected chi connectivity index (χ4v) is 3.74. The summed E-state index contributed by atoms with van der Waals surface area (Å²) in [5.41, 5.74) is 3.74. The first-order chi connectivity index (χ1) is 13.3. The van der Waals surface area contributed by atoms with Gasteiger partial charge in [-0.05, 0) is 56.5 Å². The van der Waals surface area contributed by atoms with Crippen LogP contribution >= 0.6 is 23.2 Å². The fourth-order valence-electron chi connectivity index (χ4n) is 3.24. The summed E-state index contributed by atoms with van der Waals surface area (Å²) < 4.78 is 2.33. The lowest BCUT2D eigenvalue weighted by Crippen LogP contribution is -2.34. The molecule has 148 valence electrons. The minimum atomic E-state index is -0.369. The third-order valence-electron chi connectivity index (χ3n) is 4.83. The van der Waals surface area contributed by atoms with Gasteiger partial charge < -0.3 is 14.8 Å². The quantitative estimate of drug-likeness (QED) is 0.679. The molecule has 3 rings (SSSR count). The maximum absolute atomic E-state index is 12.4. The molecular formula is C21H23Cl2N3O2. The van der Waals surface area contributed by atoms with Gasteiger partial charge in [0, 0.05) is 30.6 Å². The number of carbonyl (C=O) groups is 2. The normalized spacial score (nSPS) is 13.8. The van der Waals surface area contributed by atoms with E-state index in [2.05, 4.69) is 29.8 Å². The SMILES string of the molecule is Cc1cc(/C=C/C(=O)N(C)CC(=O)Nc2c(Cl)cccc2Cl)c(C)n1C1CC1. The third kappa shape index (κ3) is 4.59. The van der Waals surface area contributed by atoms with Crippen LogP contribution in [0.5, 0.6) is 0 Å². The van der Waals surface area contributed by atoms with E-state index in [4.69, 9.17) is 23.2 Å². The number of halogens is 2. The van der Waals surface area contributed by atoms with Gasteiger partial charge in [0.15, 0.2) is 0 Å². The number of likely N-dealkylation sites (N-methyl/N-ethyl adjacent to an activating group) is 1. The average Bonchev–Trinajstić information content (AvgIpc) is 3.42. The molecule has 1 saturated carbocycles. The van der Waals surface area contributed by atoms with Gasteiger partial charge in [-0.25, -0.2) is 0 Å². The van der Waals surface area contributed by atoms with E-state index >= 15 is 0 Å². The van der Waals surface area contributed by atoms with Crippen molar-refractivity contribution < 1.29 is 9.59 Å². The molecule has 5 nitrogen and oxygen atoms in total. The van der Waals surface area contributed by atoms with Crippen LogP contribution in [-0.2, 0) is 9.59 Å². The molecule has 1 aromatic heterocycles. The predicted molar refractivity (Wildman–Crippen MR) is 114 cm³/mol. The zero-order valence-corrected chi connectivity index (χ0v) is 17.6. The number of rotatable bonds is 6. The van der Waals surface area contributed by atoms with Gasteiger partial charge in [-0.15, -0.1) is 0 Å². The van der Waals surface area contributed by atoms with Gasteiger partial charge in [0.1, 0.15) is 0 Å². The standard InChI is InChI=1S/C21H23Cl2N3O2/c1-13-11-15(14(2)26(13)16-8-9-16)7-10-20(28)25(3)12-19(27)24-21-17(22)5-4-6-18(21)23/h4-7,10-11,16H,8-9,12H2,1-3H3,(H,24,27)/b10-7+. The van der Waals surface area contributed by atoms with Crippen molar-refractivity contribution in [2.45, 2.75) is 32.7 Å². The van der Waals surface area contributed by atoms with Crippen molar-refractivity contribution in [2.24, 2.45) is 0 Å². The highest BCUT2D eigenvalue weighted by atomic mass is 35.5. The Hall–Kier alpha value is -2.24. The number of anilines is 1. The average molecular weight is 420 g/mol. The first kappa shape index (κ1) is 20.5. The van der Waals surface area contributed by atoms with Crippen molar-refractivity contribution in [3.05, 3.63) is 57.3 Å². The summed E-state index contributed by atoms with van der Waals surface area (Å²) in [5.74, 6) is -0.622. The Bertz CT molecular complexity index is 925. The molecule has 1 aromatic carbocycles. The smallest absolute Gasteiger partial charge is 0.246 e. The number of hydrogen-bond acceptors (Lipinski definition) is 2. The molecule has 0 unspecified atom stereocenters. The molecule has 0 aliphatic heterocycles. The third-order valence-corrected chi connectivity index (χ3v) is 5.46. The van der Waals surface area contributed by atoms with Gasteiger partial charge in [0.25, 0.3) is 0 Å². The number of carbonyl (C=O) groups excluding carboxylic acids is 2. The first-order valence-corrected chi connectivity index (χ1v) is 9.89. The summed E-state index contributed by atoms with van der Waals surface area (Å²) in [6.07, 6.45) is 5.73. The topological polar surface area (TPSA) is 54.3 Å². The van der Waals surface area contributed by atoms with Crippen LogP contribution in [0.4, 0.5) is 5.69 Å². The van der Waals surface area contributed by atoms with E-state index in [1.807, 2.05) is 6.08 Å². The fraction of sp³-hybridized carbons (Fsp3) is 0.333. The minimum Gasteiger partial charge on any atom is -0.346 e. The van der Waals surface area contributed by atoms with Gasteiger partial charge in [-0.3, -0.25) is 9.59 Å². The number of para-hydroxylation sites is 1. The molecule has 0 saturated heterocycles. The van der Waals surface area contributed by atoms with Gasteiger partial charge in [-0.1, -0.05) is 29.3 Å².